The fourth-order valence-corrected chi connectivity index (χ4v) is 7.76. The van der Waals surface area contributed by atoms with Crippen LogP contribution in [0.5, 0.6) is 0 Å². The van der Waals surface area contributed by atoms with Crippen molar-refractivity contribution >= 4 is 43.6 Å². The van der Waals surface area contributed by atoms with E-state index in [2.05, 4.69) is 10.3 Å². The molecule has 1 aromatic heterocycles. The number of aromatic nitrogens is 2. The molecule has 314 valence electrons. The molecule has 1 aromatic carbocycles. The summed E-state index contributed by atoms with van der Waals surface area (Å²) in [7, 11) is -3.12. The smallest absolute Gasteiger partial charge is 0.465 e. The number of piperazine rings is 1. The van der Waals surface area contributed by atoms with Gasteiger partial charge in [0, 0.05) is 58.0 Å². The van der Waals surface area contributed by atoms with Gasteiger partial charge in [-0.25, -0.2) is 24.4 Å². The second-order valence-corrected chi connectivity index (χ2v) is 15.7. The van der Waals surface area contributed by atoms with Crippen molar-refractivity contribution in [1.82, 2.24) is 25.1 Å². The van der Waals surface area contributed by atoms with Crippen molar-refractivity contribution in [3.8, 4) is 11.4 Å². The molecule has 0 bridgehead atoms. The van der Waals surface area contributed by atoms with E-state index in [-0.39, 0.29) is 43.8 Å². The lowest BCUT2D eigenvalue weighted by atomic mass is 10.2. The average molecular weight is 823 g/mol. The van der Waals surface area contributed by atoms with Gasteiger partial charge in [-0.1, -0.05) is 30.3 Å². The zero-order valence-electron chi connectivity index (χ0n) is 33.0. The number of anilines is 1. The Hall–Kier alpha value is -5.04. The minimum atomic E-state index is -4.73. The van der Waals surface area contributed by atoms with E-state index in [9.17, 15) is 33.6 Å². The molecule has 2 aliphatic heterocycles. The van der Waals surface area contributed by atoms with E-state index in [0.717, 1.165) is 11.3 Å². The van der Waals surface area contributed by atoms with Crippen LogP contribution in [-0.4, -0.2) is 145 Å². The number of carbonyl (C=O) groups excluding carboxylic acids is 4. The minimum Gasteiger partial charge on any atom is -0.465 e. The van der Waals surface area contributed by atoms with Crippen LogP contribution in [0.1, 0.15) is 58.5 Å². The Morgan fingerprint density at radius 3 is 1.89 bits per heavy atom. The van der Waals surface area contributed by atoms with Crippen molar-refractivity contribution in [2.24, 2.45) is 0 Å². The molecule has 2 aliphatic rings. The van der Waals surface area contributed by atoms with Gasteiger partial charge in [0.1, 0.15) is 17.6 Å². The zero-order valence-corrected chi connectivity index (χ0v) is 33.9. The lowest BCUT2D eigenvalue weighted by Gasteiger charge is -2.36. The normalized spacial score (nSPS) is 18.3. The van der Waals surface area contributed by atoms with Crippen LogP contribution in [0.4, 0.5) is 20.2 Å². The van der Waals surface area contributed by atoms with Crippen LogP contribution in [0.3, 0.4) is 0 Å². The highest BCUT2D eigenvalue weighted by Gasteiger charge is 2.41. The molecule has 2 aromatic rings. The second kappa shape index (κ2) is 20.4. The maximum Gasteiger partial charge on any atom is 0.510 e. The number of rotatable bonds is 16. The molecule has 3 amide bonds. The van der Waals surface area contributed by atoms with E-state index in [1.54, 1.807) is 59.1 Å². The Bertz CT molecular complexity index is 1720. The number of nitrogens with zero attached hydrogens (tertiary/aromatic N) is 5. The third-order valence-electron chi connectivity index (χ3n) is 8.46. The SMILES string of the molecule is CO[C@H]1CCN(c2cc(C(=O)N[C@@H](CP(=O)(OC(C)OC(=O)OC(C)C)OC(C)OC(=O)OC(C)C)C(=O)N3CCN(C(=O)O)CC3)nc(-c3ccccc3)n2)C1. The average Bonchev–Trinajstić information content (AvgIpc) is 3.63. The van der Waals surface area contributed by atoms with Gasteiger partial charge in [0.2, 0.25) is 18.5 Å². The van der Waals surface area contributed by atoms with Crippen LogP contribution in [-0.2, 0) is 42.1 Å². The van der Waals surface area contributed by atoms with E-state index in [1.807, 2.05) is 11.0 Å². The number of carboxylic acid groups (broad SMARTS) is 1. The van der Waals surface area contributed by atoms with Gasteiger partial charge in [0.15, 0.2) is 5.82 Å². The summed E-state index contributed by atoms with van der Waals surface area (Å²) in [6.07, 6.45) is -8.03. The van der Waals surface area contributed by atoms with Crippen LogP contribution in [0, 0.1) is 0 Å². The summed E-state index contributed by atoms with van der Waals surface area (Å²) in [5.74, 6) is -0.969. The lowest BCUT2D eigenvalue weighted by Crippen LogP contribution is -2.56. The molecule has 3 heterocycles. The number of nitrogens with one attached hydrogen (secondary N) is 1. The summed E-state index contributed by atoms with van der Waals surface area (Å²) in [6.45, 7) is 9.65. The molecule has 20 nitrogen and oxygen atoms in total. The molecule has 4 atom stereocenters. The molecule has 21 heteroatoms. The first kappa shape index (κ1) is 44.7. The van der Waals surface area contributed by atoms with Crippen molar-refractivity contribution in [2.75, 3.05) is 57.4 Å². The quantitative estimate of drug-likeness (QED) is 0.136. The summed E-state index contributed by atoms with van der Waals surface area (Å²) < 4.78 is 51.7. The largest absolute Gasteiger partial charge is 0.510 e. The number of hydrogen-bond donors (Lipinski definition) is 2. The third-order valence-corrected chi connectivity index (χ3v) is 10.5. The molecule has 57 heavy (non-hydrogen) atoms. The third kappa shape index (κ3) is 13.5. The maximum absolute atomic E-state index is 14.7. The van der Waals surface area contributed by atoms with Crippen molar-refractivity contribution in [2.45, 2.75) is 84.9 Å². The second-order valence-electron chi connectivity index (χ2n) is 13.7. The van der Waals surface area contributed by atoms with Crippen LogP contribution in [0.15, 0.2) is 36.4 Å². The number of ether oxygens (including phenoxy) is 5. The van der Waals surface area contributed by atoms with E-state index in [0.29, 0.717) is 24.5 Å². The summed E-state index contributed by atoms with van der Waals surface area (Å²) >= 11 is 0. The highest BCUT2D eigenvalue weighted by Crippen LogP contribution is 2.51. The highest BCUT2D eigenvalue weighted by molar-refractivity contribution is 7.54. The van der Waals surface area contributed by atoms with E-state index >= 15 is 0 Å². The van der Waals surface area contributed by atoms with Gasteiger partial charge in [-0.15, -0.1) is 0 Å². The first-order valence-corrected chi connectivity index (χ1v) is 20.2. The Kier molecular flexibility index (Phi) is 16.0. The standard InChI is InChI=1S/C36H51N6O14P/c1-22(2)51-35(47)53-24(5)55-57(49,56-25(6)54-36(48)52-23(3)4)21-29(33(44)40-15-17-41(18-16-40)34(45)46)38-32(43)28-19-30(42-14-13-27(20-42)50-7)39-31(37-28)26-11-9-8-10-12-26/h8-12,19,22-25,27,29H,13-18,20-21H2,1-7H3,(H,38,43)(H,45,46)/t24?,25?,27-,29-,57?/m0/s1. The molecule has 2 saturated heterocycles. The summed E-state index contributed by atoms with van der Waals surface area (Å²) in [5.41, 5.74) is 0.479. The van der Waals surface area contributed by atoms with Crippen LogP contribution in [0.2, 0.25) is 0 Å². The molecular formula is C36H51N6O14P. The van der Waals surface area contributed by atoms with Crippen molar-refractivity contribution in [3.05, 3.63) is 42.1 Å². The van der Waals surface area contributed by atoms with E-state index < -0.39 is 74.8 Å². The lowest BCUT2D eigenvalue weighted by molar-refractivity contribution is -0.134. The molecular weight excluding hydrogens is 771 g/mol. The molecule has 0 spiro atoms. The molecule has 2 unspecified atom stereocenters. The molecule has 2 N–H and O–H groups in total. The Morgan fingerprint density at radius 1 is 0.825 bits per heavy atom. The summed E-state index contributed by atoms with van der Waals surface area (Å²) in [6, 6.07) is 8.74. The number of carbonyl (C=O) groups is 5. The number of amides is 3. The van der Waals surface area contributed by atoms with Gasteiger partial charge in [0.25, 0.3) is 5.91 Å². The zero-order chi connectivity index (χ0) is 41.9. The Morgan fingerprint density at radius 2 is 1.39 bits per heavy atom. The molecule has 4 rings (SSSR count). The number of benzene rings is 1. The van der Waals surface area contributed by atoms with Crippen molar-refractivity contribution in [3.63, 3.8) is 0 Å². The van der Waals surface area contributed by atoms with Gasteiger partial charge in [-0.3, -0.25) is 23.2 Å². The molecule has 0 saturated carbocycles. The highest BCUT2D eigenvalue weighted by atomic mass is 31.2. The maximum atomic E-state index is 14.7. The topological polar surface area (TPSA) is 235 Å². The van der Waals surface area contributed by atoms with Gasteiger partial charge < -0.3 is 48.8 Å². The van der Waals surface area contributed by atoms with Crippen molar-refractivity contribution < 1.29 is 66.4 Å². The number of hydrogen-bond acceptors (Lipinski definition) is 16. The summed E-state index contributed by atoms with van der Waals surface area (Å²) in [4.78, 5) is 78.3. The van der Waals surface area contributed by atoms with Gasteiger partial charge in [-0.05, 0) is 48.0 Å². The molecule has 0 aliphatic carbocycles. The monoisotopic (exact) mass is 822 g/mol. The first-order chi connectivity index (χ1) is 26.9. The van der Waals surface area contributed by atoms with Crippen LogP contribution in [0.25, 0.3) is 11.4 Å². The minimum absolute atomic E-state index is 0.0356. The van der Waals surface area contributed by atoms with E-state index in [4.69, 9.17) is 37.7 Å². The fraction of sp³-hybridized carbons (Fsp3) is 0.583. The summed E-state index contributed by atoms with van der Waals surface area (Å²) in [5, 5.41) is 12.1. The predicted molar refractivity (Wildman–Crippen MR) is 201 cm³/mol. The molecule has 0 radical (unpaired) electrons. The number of methoxy groups -OCH3 is 1. The van der Waals surface area contributed by atoms with Crippen LogP contribution < -0.4 is 10.2 Å². The Labute approximate surface area is 330 Å². The van der Waals surface area contributed by atoms with E-state index in [1.165, 1.54) is 24.8 Å². The first-order valence-electron chi connectivity index (χ1n) is 18.4. The van der Waals surface area contributed by atoms with Gasteiger partial charge in [0.05, 0.1) is 24.5 Å². The van der Waals surface area contributed by atoms with Crippen molar-refractivity contribution in [1.29, 1.82) is 0 Å². The van der Waals surface area contributed by atoms with Crippen LogP contribution >= 0.6 is 7.60 Å². The predicted octanol–water partition coefficient (Wildman–Crippen LogP) is 4.33. The van der Waals surface area contributed by atoms with Gasteiger partial charge in [-0.2, -0.15) is 0 Å². The van der Waals surface area contributed by atoms with Gasteiger partial charge >= 0.3 is 26.0 Å². The fourth-order valence-electron chi connectivity index (χ4n) is 5.86. The molecule has 2 fully saturated rings. The Balaban J connectivity index is 1.71.